The Balaban J connectivity index is 1.15. The highest BCUT2D eigenvalue weighted by Crippen LogP contribution is 2.24. The van der Waals surface area contributed by atoms with Gasteiger partial charge in [0.25, 0.3) is 5.91 Å². The third-order valence-corrected chi connectivity index (χ3v) is 6.16. The van der Waals surface area contributed by atoms with Gasteiger partial charge in [-0.15, -0.1) is 0 Å². The van der Waals surface area contributed by atoms with Crippen molar-refractivity contribution in [2.75, 3.05) is 5.32 Å². The molecule has 3 aromatic carbocycles. The summed E-state index contributed by atoms with van der Waals surface area (Å²) in [6.07, 6.45) is 5.01. The fraction of sp³-hybridized carbons (Fsp3) is 0.0741. The molecule has 2 heterocycles. The van der Waals surface area contributed by atoms with Gasteiger partial charge in [-0.05, 0) is 47.0 Å². The number of rotatable bonds is 8. The van der Waals surface area contributed by atoms with Crippen molar-refractivity contribution in [3.63, 3.8) is 0 Å². The molecule has 0 aliphatic carbocycles. The Morgan fingerprint density at radius 2 is 1.67 bits per heavy atom. The van der Waals surface area contributed by atoms with Crippen LogP contribution in [-0.2, 0) is 13.3 Å². The van der Waals surface area contributed by atoms with Crippen molar-refractivity contribution < 1.29 is 9.53 Å². The van der Waals surface area contributed by atoms with E-state index >= 15 is 0 Å². The summed E-state index contributed by atoms with van der Waals surface area (Å²) in [6, 6.07) is 25.0. The fourth-order valence-electron chi connectivity index (χ4n) is 3.60. The minimum atomic E-state index is -0.338. The first-order valence-electron chi connectivity index (χ1n) is 11.1. The van der Waals surface area contributed by atoms with Crippen LogP contribution in [0.5, 0.6) is 5.75 Å². The maximum atomic E-state index is 12.6. The number of nitrogens with zero attached hydrogens (tertiary/aromatic N) is 4. The van der Waals surface area contributed by atoms with Gasteiger partial charge in [-0.25, -0.2) is 4.68 Å². The Morgan fingerprint density at radius 3 is 2.44 bits per heavy atom. The van der Waals surface area contributed by atoms with Crippen LogP contribution in [0.3, 0.4) is 0 Å². The fourth-order valence-corrected chi connectivity index (χ4v) is 3.93. The molecular weight excluding hydrogens is 497 g/mol. The number of halogens is 2. The van der Waals surface area contributed by atoms with Crippen molar-refractivity contribution in [3.8, 4) is 16.9 Å². The van der Waals surface area contributed by atoms with Crippen LogP contribution in [0.4, 0.5) is 5.69 Å². The lowest BCUT2D eigenvalue weighted by Gasteiger charge is -2.07. The number of hydrogen-bond acceptors (Lipinski definition) is 4. The largest absolute Gasteiger partial charge is 0.471 e. The predicted octanol–water partition coefficient (Wildman–Crippen LogP) is 6.39. The lowest BCUT2D eigenvalue weighted by molar-refractivity contribution is 0.102. The Kier molecular flexibility index (Phi) is 7.02. The second-order valence-electron chi connectivity index (χ2n) is 8.03. The molecule has 36 heavy (non-hydrogen) atoms. The zero-order valence-corrected chi connectivity index (χ0v) is 20.5. The number of benzene rings is 3. The Bertz CT molecular complexity index is 1480. The summed E-state index contributed by atoms with van der Waals surface area (Å²) in [4.78, 5) is 12.6. The molecule has 1 N–H and O–H groups in total. The van der Waals surface area contributed by atoms with Gasteiger partial charge in [0.1, 0.15) is 5.75 Å². The number of nitrogens with one attached hydrogen (secondary N) is 1. The summed E-state index contributed by atoms with van der Waals surface area (Å²) in [5.74, 6) is 0.376. The molecule has 5 aromatic rings. The van der Waals surface area contributed by atoms with Gasteiger partial charge in [-0.1, -0.05) is 71.7 Å². The van der Waals surface area contributed by atoms with E-state index < -0.39 is 0 Å². The van der Waals surface area contributed by atoms with Crippen LogP contribution in [0.25, 0.3) is 11.1 Å². The number of carbonyl (C=O) groups excluding carboxylic acids is 1. The topological polar surface area (TPSA) is 74.0 Å². The first kappa shape index (κ1) is 23.7. The van der Waals surface area contributed by atoms with Crippen molar-refractivity contribution in [2.45, 2.75) is 13.3 Å². The van der Waals surface area contributed by atoms with Crippen molar-refractivity contribution in [1.82, 2.24) is 19.6 Å². The Labute approximate surface area is 217 Å². The molecule has 0 spiro atoms. The number of amides is 1. The minimum absolute atomic E-state index is 0.180. The molecular formula is C27H21Cl2N5O2. The van der Waals surface area contributed by atoms with E-state index in [0.29, 0.717) is 28.0 Å². The summed E-state index contributed by atoms with van der Waals surface area (Å²) < 4.78 is 9.07. The normalized spacial score (nSPS) is 10.8. The van der Waals surface area contributed by atoms with E-state index in [0.717, 1.165) is 16.7 Å². The van der Waals surface area contributed by atoms with Gasteiger partial charge in [0.2, 0.25) is 0 Å². The maximum Gasteiger partial charge on any atom is 0.276 e. The van der Waals surface area contributed by atoms with E-state index in [1.807, 2.05) is 48.5 Å². The van der Waals surface area contributed by atoms with Crippen molar-refractivity contribution in [3.05, 3.63) is 119 Å². The molecule has 0 radical (unpaired) electrons. The molecule has 0 saturated heterocycles. The molecule has 0 fully saturated rings. The average Bonchev–Trinajstić information content (AvgIpc) is 3.55. The molecule has 0 bridgehead atoms. The maximum absolute atomic E-state index is 12.6. The summed E-state index contributed by atoms with van der Waals surface area (Å²) in [6.45, 7) is 0.671. The van der Waals surface area contributed by atoms with E-state index in [1.165, 1.54) is 0 Å². The number of aromatic nitrogens is 4. The highest BCUT2D eigenvalue weighted by molar-refractivity contribution is 6.42. The van der Waals surface area contributed by atoms with Crippen LogP contribution in [0, 0.1) is 0 Å². The van der Waals surface area contributed by atoms with Gasteiger partial charge < -0.3 is 10.1 Å². The highest BCUT2D eigenvalue weighted by Gasteiger charge is 2.12. The molecule has 1 amide bonds. The third kappa shape index (κ3) is 5.76. The van der Waals surface area contributed by atoms with Crippen LogP contribution >= 0.6 is 23.2 Å². The second kappa shape index (κ2) is 10.7. The monoisotopic (exact) mass is 517 g/mol. The third-order valence-electron chi connectivity index (χ3n) is 5.42. The summed E-state index contributed by atoms with van der Waals surface area (Å²) in [7, 11) is 0. The minimum Gasteiger partial charge on any atom is -0.471 e. The van der Waals surface area contributed by atoms with E-state index in [4.69, 9.17) is 27.9 Å². The van der Waals surface area contributed by atoms with Crippen LogP contribution in [0.15, 0.2) is 97.5 Å². The SMILES string of the molecule is O=C(Nc1cnn(Cc2ccc(Cl)c(Cl)c2)c1)c1ccn(COc2ccc(-c3ccccc3)cc2)n1. The van der Waals surface area contributed by atoms with Gasteiger partial charge in [0, 0.05) is 12.4 Å². The van der Waals surface area contributed by atoms with Gasteiger partial charge >= 0.3 is 0 Å². The van der Waals surface area contributed by atoms with Crippen LogP contribution < -0.4 is 10.1 Å². The first-order chi connectivity index (χ1) is 17.5. The molecule has 0 saturated carbocycles. The van der Waals surface area contributed by atoms with E-state index in [2.05, 4.69) is 27.6 Å². The van der Waals surface area contributed by atoms with Crippen LogP contribution in [0.2, 0.25) is 10.0 Å². The molecule has 0 aliphatic rings. The molecule has 7 nitrogen and oxygen atoms in total. The molecule has 2 aromatic heterocycles. The Morgan fingerprint density at radius 1 is 0.889 bits per heavy atom. The van der Waals surface area contributed by atoms with E-state index in [1.54, 1.807) is 46.2 Å². The quantitative estimate of drug-likeness (QED) is 0.258. The van der Waals surface area contributed by atoms with Gasteiger partial charge in [0.15, 0.2) is 12.4 Å². The predicted molar refractivity (Wildman–Crippen MR) is 140 cm³/mol. The van der Waals surface area contributed by atoms with Gasteiger partial charge in [-0.3, -0.25) is 9.48 Å². The lowest BCUT2D eigenvalue weighted by Crippen LogP contribution is -2.14. The summed E-state index contributed by atoms with van der Waals surface area (Å²) >= 11 is 12.0. The summed E-state index contributed by atoms with van der Waals surface area (Å²) in [5, 5.41) is 12.4. The van der Waals surface area contributed by atoms with Crippen molar-refractivity contribution in [2.24, 2.45) is 0 Å². The zero-order chi connectivity index (χ0) is 24.9. The number of ether oxygens (including phenoxy) is 1. The van der Waals surface area contributed by atoms with E-state index in [-0.39, 0.29) is 18.3 Å². The van der Waals surface area contributed by atoms with Crippen molar-refractivity contribution in [1.29, 1.82) is 0 Å². The molecule has 180 valence electrons. The molecule has 0 atom stereocenters. The molecule has 0 aliphatic heterocycles. The van der Waals surface area contributed by atoms with E-state index in [9.17, 15) is 4.79 Å². The number of hydrogen-bond donors (Lipinski definition) is 1. The standard InChI is InChI=1S/C27H21Cl2N5O2/c28-24-11-6-19(14-25(24)29)16-34-17-22(15-30-34)31-27(35)26-12-13-33(32-26)18-36-23-9-7-21(8-10-23)20-4-2-1-3-5-20/h1-15,17H,16,18H2,(H,31,35). The number of anilines is 1. The highest BCUT2D eigenvalue weighted by atomic mass is 35.5. The average molecular weight is 518 g/mol. The lowest BCUT2D eigenvalue weighted by atomic mass is 10.1. The molecule has 5 rings (SSSR count). The van der Waals surface area contributed by atoms with Crippen LogP contribution in [-0.4, -0.2) is 25.5 Å². The second-order valence-corrected chi connectivity index (χ2v) is 8.85. The van der Waals surface area contributed by atoms with Crippen LogP contribution in [0.1, 0.15) is 16.1 Å². The Hall–Kier alpha value is -4.07. The molecule has 9 heteroatoms. The van der Waals surface area contributed by atoms with Gasteiger partial charge in [0.05, 0.1) is 28.5 Å². The summed E-state index contributed by atoms with van der Waals surface area (Å²) in [5.41, 5.74) is 4.03. The number of carbonyl (C=O) groups is 1. The molecule has 0 unspecified atom stereocenters. The first-order valence-corrected chi connectivity index (χ1v) is 11.9. The van der Waals surface area contributed by atoms with Gasteiger partial charge in [-0.2, -0.15) is 10.2 Å². The smallest absolute Gasteiger partial charge is 0.276 e. The zero-order valence-electron chi connectivity index (χ0n) is 19.0. The van der Waals surface area contributed by atoms with Crippen molar-refractivity contribution >= 4 is 34.8 Å².